The summed E-state index contributed by atoms with van der Waals surface area (Å²) in [6.07, 6.45) is 0. The summed E-state index contributed by atoms with van der Waals surface area (Å²) in [5, 5.41) is 5.55. The zero-order chi connectivity index (χ0) is 20.5. The van der Waals surface area contributed by atoms with Crippen molar-refractivity contribution >= 4 is 29.2 Å². The van der Waals surface area contributed by atoms with Crippen LogP contribution >= 0.6 is 0 Å². The third-order valence-electron chi connectivity index (χ3n) is 4.19. The predicted molar refractivity (Wildman–Crippen MR) is 109 cm³/mol. The van der Waals surface area contributed by atoms with Crippen molar-refractivity contribution in [1.82, 2.24) is 4.90 Å². The predicted octanol–water partition coefficient (Wildman–Crippen LogP) is 3.01. The van der Waals surface area contributed by atoms with Gasteiger partial charge in [-0.3, -0.25) is 9.59 Å². The van der Waals surface area contributed by atoms with Crippen LogP contribution in [0.25, 0.3) is 0 Å². The largest absolute Gasteiger partial charge is 0.452 e. The van der Waals surface area contributed by atoms with Crippen molar-refractivity contribution in [2.75, 3.05) is 37.4 Å². The molecule has 2 aromatic carbocycles. The third kappa shape index (κ3) is 5.33. The first-order valence-corrected chi connectivity index (χ1v) is 9.13. The smallest absolute Gasteiger partial charge is 0.340 e. The molecule has 2 N–H and O–H groups in total. The molecular formula is C21H25N3O4. The summed E-state index contributed by atoms with van der Waals surface area (Å²) >= 11 is 0. The number of benzene rings is 2. The van der Waals surface area contributed by atoms with Gasteiger partial charge in [0.15, 0.2) is 6.61 Å². The van der Waals surface area contributed by atoms with Gasteiger partial charge < -0.3 is 20.3 Å². The normalized spacial score (nSPS) is 10.1. The summed E-state index contributed by atoms with van der Waals surface area (Å²) in [6, 6.07) is 13.6. The molecule has 0 unspecified atom stereocenters. The Kier molecular flexibility index (Phi) is 7.56. The van der Waals surface area contributed by atoms with Gasteiger partial charge in [0.25, 0.3) is 11.8 Å². The number of rotatable bonds is 8. The van der Waals surface area contributed by atoms with Gasteiger partial charge in [0.1, 0.15) is 0 Å². The van der Waals surface area contributed by atoms with E-state index in [0.29, 0.717) is 35.6 Å². The van der Waals surface area contributed by atoms with Crippen molar-refractivity contribution in [2.24, 2.45) is 0 Å². The van der Waals surface area contributed by atoms with Crippen molar-refractivity contribution in [3.8, 4) is 0 Å². The Bertz CT molecular complexity index is 847. The molecule has 0 saturated heterocycles. The fraction of sp³-hybridized carbons (Fsp3) is 0.286. The molecular weight excluding hydrogens is 358 g/mol. The Morgan fingerprint density at radius 2 is 1.71 bits per heavy atom. The number of hydrogen-bond donors (Lipinski definition) is 2. The van der Waals surface area contributed by atoms with Crippen molar-refractivity contribution in [2.45, 2.75) is 13.8 Å². The molecule has 2 amide bonds. The van der Waals surface area contributed by atoms with Gasteiger partial charge in [0.05, 0.1) is 5.56 Å². The van der Waals surface area contributed by atoms with Crippen molar-refractivity contribution in [3.05, 3.63) is 59.7 Å². The number of esters is 1. The number of nitrogens with zero attached hydrogens (tertiary/aromatic N) is 1. The Morgan fingerprint density at radius 3 is 2.39 bits per heavy atom. The van der Waals surface area contributed by atoms with E-state index in [1.54, 1.807) is 60.5 Å². The molecule has 0 aliphatic rings. The SMILES string of the molecule is CCN(CC)C(=O)c1cccc(NC(=O)COC(=O)c2ccccc2NC)c1. The van der Waals surface area contributed by atoms with Gasteiger partial charge >= 0.3 is 5.97 Å². The van der Waals surface area contributed by atoms with Crippen molar-refractivity contribution in [1.29, 1.82) is 0 Å². The lowest BCUT2D eigenvalue weighted by Crippen LogP contribution is -2.30. The fourth-order valence-electron chi connectivity index (χ4n) is 2.71. The molecule has 148 valence electrons. The quantitative estimate of drug-likeness (QED) is 0.684. The lowest BCUT2D eigenvalue weighted by Gasteiger charge is -2.19. The molecule has 0 bridgehead atoms. The maximum Gasteiger partial charge on any atom is 0.340 e. The van der Waals surface area contributed by atoms with Crippen molar-refractivity contribution < 1.29 is 19.1 Å². The van der Waals surface area contributed by atoms with Crippen LogP contribution in [-0.2, 0) is 9.53 Å². The highest BCUT2D eigenvalue weighted by atomic mass is 16.5. The van der Waals surface area contributed by atoms with Gasteiger partial charge in [-0.15, -0.1) is 0 Å². The lowest BCUT2D eigenvalue weighted by atomic mass is 10.1. The summed E-state index contributed by atoms with van der Waals surface area (Å²) in [5.74, 6) is -1.18. The molecule has 2 rings (SSSR count). The molecule has 0 aliphatic carbocycles. The Labute approximate surface area is 164 Å². The van der Waals surface area contributed by atoms with E-state index >= 15 is 0 Å². The molecule has 0 radical (unpaired) electrons. The third-order valence-corrected chi connectivity index (χ3v) is 4.19. The van der Waals surface area contributed by atoms with E-state index in [4.69, 9.17) is 4.74 Å². The van der Waals surface area contributed by atoms with Gasteiger partial charge in [-0.2, -0.15) is 0 Å². The van der Waals surface area contributed by atoms with E-state index in [1.807, 2.05) is 13.8 Å². The van der Waals surface area contributed by atoms with Crippen LogP contribution in [0.2, 0.25) is 0 Å². The number of carbonyl (C=O) groups is 3. The lowest BCUT2D eigenvalue weighted by molar-refractivity contribution is -0.119. The zero-order valence-corrected chi connectivity index (χ0v) is 16.3. The minimum absolute atomic E-state index is 0.101. The first kappa shape index (κ1) is 21.0. The van der Waals surface area contributed by atoms with E-state index in [0.717, 1.165) is 0 Å². The second-order valence-corrected chi connectivity index (χ2v) is 5.98. The molecule has 0 fully saturated rings. The maximum absolute atomic E-state index is 12.4. The first-order chi connectivity index (χ1) is 13.5. The van der Waals surface area contributed by atoms with Gasteiger partial charge in [0, 0.05) is 37.1 Å². The number of nitrogens with one attached hydrogen (secondary N) is 2. The summed E-state index contributed by atoms with van der Waals surface area (Å²) in [4.78, 5) is 38.4. The van der Waals surface area contributed by atoms with Gasteiger partial charge in [-0.05, 0) is 44.2 Å². The number of amides is 2. The van der Waals surface area contributed by atoms with Gasteiger partial charge in [-0.25, -0.2) is 4.79 Å². The fourth-order valence-corrected chi connectivity index (χ4v) is 2.71. The summed E-state index contributed by atoms with van der Waals surface area (Å²) in [6.45, 7) is 4.61. The molecule has 0 atom stereocenters. The Hall–Kier alpha value is -3.35. The minimum Gasteiger partial charge on any atom is -0.452 e. The molecule has 0 aliphatic heterocycles. The van der Waals surface area contributed by atoms with Crippen LogP contribution in [0.15, 0.2) is 48.5 Å². The van der Waals surface area contributed by atoms with Crippen molar-refractivity contribution in [3.63, 3.8) is 0 Å². The average Bonchev–Trinajstić information content (AvgIpc) is 2.73. The highest BCUT2D eigenvalue weighted by Crippen LogP contribution is 2.16. The molecule has 0 spiro atoms. The van der Waals surface area contributed by atoms with E-state index in [1.165, 1.54) is 0 Å². The molecule has 2 aromatic rings. The van der Waals surface area contributed by atoms with Crippen LogP contribution in [-0.4, -0.2) is 49.4 Å². The van der Waals surface area contributed by atoms with Gasteiger partial charge in [0.2, 0.25) is 0 Å². The summed E-state index contributed by atoms with van der Waals surface area (Å²) < 4.78 is 5.09. The van der Waals surface area contributed by atoms with Gasteiger partial charge in [-0.1, -0.05) is 18.2 Å². The number of hydrogen-bond acceptors (Lipinski definition) is 5. The second-order valence-electron chi connectivity index (χ2n) is 5.98. The maximum atomic E-state index is 12.4. The minimum atomic E-state index is -0.592. The number of anilines is 2. The number of para-hydroxylation sites is 1. The van der Waals surface area contributed by atoms with E-state index < -0.39 is 18.5 Å². The summed E-state index contributed by atoms with van der Waals surface area (Å²) in [7, 11) is 1.70. The second kappa shape index (κ2) is 10.1. The first-order valence-electron chi connectivity index (χ1n) is 9.13. The number of ether oxygens (including phenoxy) is 1. The molecule has 7 nitrogen and oxygen atoms in total. The Morgan fingerprint density at radius 1 is 1.00 bits per heavy atom. The monoisotopic (exact) mass is 383 g/mol. The molecule has 28 heavy (non-hydrogen) atoms. The van der Waals surface area contributed by atoms with E-state index in [-0.39, 0.29) is 5.91 Å². The average molecular weight is 383 g/mol. The highest BCUT2D eigenvalue weighted by molar-refractivity contribution is 5.99. The van der Waals surface area contributed by atoms with Crippen LogP contribution in [0.4, 0.5) is 11.4 Å². The van der Waals surface area contributed by atoms with Crippen LogP contribution in [0.3, 0.4) is 0 Å². The van der Waals surface area contributed by atoms with Crippen LogP contribution in [0.1, 0.15) is 34.6 Å². The Balaban J connectivity index is 1.97. The molecule has 0 aromatic heterocycles. The van der Waals surface area contributed by atoms with E-state index in [2.05, 4.69) is 10.6 Å². The molecule has 0 heterocycles. The van der Waals surface area contributed by atoms with Crippen LogP contribution in [0.5, 0.6) is 0 Å². The van der Waals surface area contributed by atoms with Crippen LogP contribution < -0.4 is 10.6 Å². The van der Waals surface area contributed by atoms with E-state index in [9.17, 15) is 14.4 Å². The standard InChI is InChI=1S/C21H25N3O4/c1-4-24(5-2)20(26)15-9-8-10-16(13-15)23-19(25)14-28-21(27)17-11-6-7-12-18(17)22-3/h6-13,22H,4-5,14H2,1-3H3,(H,23,25). The highest BCUT2D eigenvalue weighted by Gasteiger charge is 2.15. The van der Waals surface area contributed by atoms with Crippen LogP contribution in [0, 0.1) is 0 Å². The topological polar surface area (TPSA) is 87.7 Å². The zero-order valence-electron chi connectivity index (χ0n) is 16.3. The molecule has 0 saturated carbocycles. The summed E-state index contributed by atoms with van der Waals surface area (Å²) in [5.41, 5.74) is 1.93. The number of carbonyl (C=O) groups excluding carboxylic acids is 3. The molecule has 7 heteroatoms.